The van der Waals surface area contributed by atoms with Gasteiger partial charge in [-0.05, 0) is 36.4 Å². The fourth-order valence-electron chi connectivity index (χ4n) is 1.69. The van der Waals surface area contributed by atoms with Gasteiger partial charge in [-0.1, -0.05) is 19.1 Å². The highest BCUT2D eigenvalue weighted by atomic mass is 32.2. The minimum atomic E-state index is -3.57. The Morgan fingerprint density at radius 1 is 1.10 bits per heavy atom. The maximum absolute atomic E-state index is 12.1. The van der Waals surface area contributed by atoms with E-state index < -0.39 is 10.0 Å². The quantitative estimate of drug-likeness (QED) is 0.829. The van der Waals surface area contributed by atoms with E-state index in [0.29, 0.717) is 18.0 Å². The van der Waals surface area contributed by atoms with Crippen LogP contribution in [0.3, 0.4) is 0 Å². The number of para-hydroxylation sites is 1. The summed E-state index contributed by atoms with van der Waals surface area (Å²) in [5.74, 6) is 0.802. The zero-order valence-corrected chi connectivity index (χ0v) is 11.9. The zero-order valence-electron chi connectivity index (χ0n) is 11.0. The number of ether oxygens (including phenoxy) is 1. The molecular weight excluding hydrogens is 276 g/mol. The monoisotopic (exact) mass is 292 g/mol. The first-order valence-electron chi connectivity index (χ1n) is 6.15. The maximum atomic E-state index is 12.1. The number of nitrogen functional groups attached to an aromatic ring is 1. The van der Waals surface area contributed by atoms with Gasteiger partial charge in [0.15, 0.2) is 0 Å². The van der Waals surface area contributed by atoms with Crippen LogP contribution in [0.4, 0.5) is 5.69 Å². The SMILES string of the molecule is CCNS(=O)(=O)c1ccccc1Oc1ccc(N)cc1. The number of sulfonamides is 1. The Balaban J connectivity index is 2.35. The molecule has 0 heterocycles. The molecule has 0 saturated heterocycles. The van der Waals surface area contributed by atoms with Crippen LogP contribution in [0.5, 0.6) is 11.5 Å². The van der Waals surface area contributed by atoms with Crippen LogP contribution >= 0.6 is 0 Å². The second-order valence-electron chi connectivity index (χ2n) is 4.12. The summed E-state index contributed by atoms with van der Waals surface area (Å²) >= 11 is 0. The van der Waals surface area contributed by atoms with Crippen LogP contribution in [0, 0.1) is 0 Å². The number of nitrogens with one attached hydrogen (secondary N) is 1. The highest BCUT2D eigenvalue weighted by molar-refractivity contribution is 7.89. The molecule has 0 radical (unpaired) electrons. The van der Waals surface area contributed by atoms with Gasteiger partial charge in [0.05, 0.1) is 0 Å². The van der Waals surface area contributed by atoms with Crippen LogP contribution in [0.1, 0.15) is 6.92 Å². The minimum absolute atomic E-state index is 0.110. The molecule has 6 heteroatoms. The maximum Gasteiger partial charge on any atom is 0.244 e. The summed E-state index contributed by atoms with van der Waals surface area (Å²) in [5, 5.41) is 0. The number of anilines is 1. The molecule has 0 aromatic heterocycles. The molecule has 0 unspecified atom stereocenters. The summed E-state index contributed by atoms with van der Waals surface area (Å²) in [6, 6.07) is 13.2. The Kier molecular flexibility index (Phi) is 4.26. The lowest BCUT2D eigenvalue weighted by molar-refractivity contribution is 0.467. The van der Waals surface area contributed by atoms with E-state index in [-0.39, 0.29) is 10.6 Å². The predicted octanol–water partition coefficient (Wildman–Crippen LogP) is 2.36. The van der Waals surface area contributed by atoms with Gasteiger partial charge in [0.25, 0.3) is 0 Å². The van der Waals surface area contributed by atoms with Crippen molar-refractivity contribution in [2.75, 3.05) is 12.3 Å². The van der Waals surface area contributed by atoms with E-state index in [4.69, 9.17) is 10.5 Å². The third-order valence-electron chi connectivity index (χ3n) is 2.58. The van der Waals surface area contributed by atoms with Gasteiger partial charge in [0, 0.05) is 12.2 Å². The average Bonchev–Trinajstić information content (AvgIpc) is 2.42. The van der Waals surface area contributed by atoms with E-state index in [1.165, 1.54) is 6.07 Å². The second-order valence-corrected chi connectivity index (χ2v) is 5.85. The molecule has 3 N–H and O–H groups in total. The van der Waals surface area contributed by atoms with Crippen LogP contribution in [-0.2, 0) is 10.0 Å². The minimum Gasteiger partial charge on any atom is -0.456 e. The molecule has 106 valence electrons. The van der Waals surface area contributed by atoms with E-state index in [1.54, 1.807) is 49.4 Å². The van der Waals surface area contributed by atoms with Crippen LogP contribution in [0.25, 0.3) is 0 Å². The summed E-state index contributed by atoms with van der Waals surface area (Å²) in [5.41, 5.74) is 6.21. The molecule has 0 fully saturated rings. The standard InChI is InChI=1S/C14H16N2O3S/c1-2-16-20(17,18)14-6-4-3-5-13(14)19-12-9-7-11(15)8-10-12/h3-10,16H,2,15H2,1H3. The average molecular weight is 292 g/mol. The van der Waals surface area contributed by atoms with E-state index in [9.17, 15) is 8.42 Å². The molecule has 0 amide bonds. The Morgan fingerprint density at radius 3 is 2.40 bits per heavy atom. The molecule has 0 saturated carbocycles. The molecule has 5 nitrogen and oxygen atoms in total. The Labute approximate surface area is 118 Å². The van der Waals surface area contributed by atoms with Gasteiger partial charge in [-0.25, -0.2) is 13.1 Å². The van der Waals surface area contributed by atoms with E-state index in [0.717, 1.165) is 0 Å². The number of hydrogen-bond donors (Lipinski definition) is 2. The molecule has 0 bridgehead atoms. The molecule has 0 aliphatic heterocycles. The van der Waals surface area contributed by atoms with Crippen molar-refractivity contribution >= 4 is 15.7 Å². The lowest BCUT2D eigenvalue weighted by Gasteiger charge is -2.11. The molecular formula is C14H16N2O3S. The number of rotatable bonds is 5. The second kappa shape index (κ2) is 5.94. The van der Waals surface area contributed by atoms with Crippen molar-refractivity contribution in [3.05, 3.63) is 48.5 Å². The Hall–Kier alpha value is -2.05. The lowest BCUT2D eigenvalue weighted by Crippen LogP contribution is -2.23. The van der Waals surface area contributed by atoms with Gasteiger partial charge < -0.3 is 10.5 Å². The summed E-state index contributed by atoms with van der Waals surface area (Å²) < 4.78 is 32.2. The molecule has 2 rings (SSSR count). The molecule has 0 aliphatic carbocycles. The lowest BCUT2D eigenvalue weighted by atomic mass is 10.3. The molecule has 0 aliphatic rings. The third-order valence-corrected chi connectivity index (χ3v) is 4.17. The van der Waals surface area contributed by atoms with Crippen LogP contribution in [0.2, 0.25) is 0 Å². The first kappa shape index (κ1) is 14.4. The normalized spacial score (nSPS) is 11.2. The van der Waals surface area contributed by atoms with Gasteiger partial charge in [-0.2, -0.15) is 0 Å². The first-order chi connectivity index (χ1) is 9.53. The number of benzene rings is 2. The van der Waals surface area contributed by atoms with E-state index in [2.05, 4.69) is 4.72 Å². The topological polar surface area (TPSA) is 81.4 Å². The van der Waals surface area contributed by atoms with E-state index in [1.807, 2.05) is 0 Å². The highest BCUT2D eigenvalue weighted by Gasteiger charge is 2.18. The van der Waals surface area contributed by atoms with Crippen LogP contribution in [-0.4, -0.2) is 15.0 Å². The van der Waals surface area contributed by atoms with Crippen molar-refractivity contribution in [3.63, 3.8) is 0 Å². The van der Waals surface area contributed by atoms with Gasteiger partial charge in [0.1, 0.15) is 16.4 Å². The molecule has 20 heavy (non-hydrogen) atoms. The third kappa shape index (κ3) is 3.28. The predicted molar refractivity (Wildman–Crippen MR) is 78.2 cm³/mol. The van der Waals surface area contributed by atoms with Crippen molar-refractivity contribution in [1.29, 1.82) is 0 Å². The van der Waals surface area contributed by atoms with Gasteiger partial charge in [-0.15, -0.1) is 0 Å². The Bertz CT molecular complexity index is 682. The van der Waals surface area contributed by atoms with Gasteiger partial charge in [0.2, 0.25) is 10.0 Å². The summed E-state index contributed by atoms with van der Waals surface area (Å²) in [7, 11) is -3.57. The van der Waals surface area contributed by atoms with Crippen molar-refractivity contribution in [2.24, 2.45) is 0 Å². The number of hydrogen-bond acceptors (Lipinski definition) is 4. The van der Waals surface area contributed by atoms with Crippen LogP contribution in [0.15, 0.2) is 53.4 Å². The van der Waals surface area contributed by atoms with Gasteiger partial charge in [-0.3, -0.25) is 0 Å². The zero-order chi connectivity index (χ0) is 14.6. The molecule has 0 atom stereocenters. The van der Waals surface area contributed by atoms with Crippen molar-refractivity contribution < 1.29 is 13.2 Å². The summed E-state index contributed by atoms with van der Waals surface area (Å²) in [4.78, 5) is 0.110. The van der Waals surface area contributed by atoms with E-state index >= 15 is 0 Å². The molecule has 0 spiro atoms. The summed E-state index contributed by atoms with van der Waals surface area (Å²) in [6.07, 6.45) is 0. The largest absolute Gasteiger partial charge is 0.456 e. The molecule has 2 aromatic rings. The summed E-state index contributed by atoms with van der Waals surface area (Å²) in [6.45, 7) is 2.04. The smallest absolute Gasteiger partial charge is 0.244 e. The number of nitrogens with two attached hydrogens (primary N) is 1. The Morgan fingerprint density at radius 2 is 1.75 bits per heavy atom. The van der Waals surface area contributed by atoms with Crippen LogP contribution < -0.4 is 15.2 Å². The highest BCUT2D eigenvalue weighted by Crippen LogP contribution is 2.28. The van der Waals surface area contributed by atoms with Gasteiger partial charge >= 0.3 is 0 Å². The fourth-order valence-corrected chi connectivity index (χ4v) is 2.85. The first-order valence-corrected chi connectivity index (χ1v) is 7.63. The van der Waals surface area contributed by atoms with Crippen molar-refractivity contribution in [3.8, 4) is 11.5 Å². The van der Waals surface area contributed by atoms with Crippen molar-refractivity contribution in [2.45, 2.75) is 11.8 Å². The van der Waals surface area contributed by atoms with Crippen molar-refractivity contribution in [1.82, 2.24) is 4.72 Å². The molecule has 2 aromatic carbocycles. The fraction of sp³-hybridized carbons (Fsp3) is 0.143.